The Kier molecular flexibility index (Phi) is 16.1. The van der Waals surface area contributed by atoms with Crippen molar-refractivity contribution in [1.82, 2.24) is 4.90 Å². The Morgan fingerprint density at radius 1 is 0.515 bits per heavy atom. The van der Waals surface area contributed by atoms with Crippen LogP contribution >= 0.6 is 0 Å². The number of fused-ring (bicyclic) bond motifs is 1. The lowest BCUT2D eigenvalue weighted by Gasteiger charge is -2.50. The van der Waals surface area contributed by atoms with E-state index in [1.807, 2.05) is 138 Å². The summed E-state index contributed by atoms with van der Waals surface area (Å²) in [7, 11) is 0. The van der Waals surface area contributed by atoms with Crippen LogP contribution in [0.5, 0.6) is 0 Å². The molecule has 0 bridgehead atoms. The molecule has 3 heterocycles. The molecule has 9 rings (SSSR count). The number of hydrogen-bond donors (Lipinski definition) is 1. The maximum absolute atomic E-state index is 14.1. The molecule has 6 aromatic carbocycles. The van der Waals surface area contributed by atoms with Crippen LogP contribution in [0.3, 0.4) is 0 Å². The van der Waals surface area contributed by atoms with Crippen LogP contribution in [-0.4, -0.2) is 103 Å². The Balaban J connectivity index is 1.11. The molecular formula is C56H57NO11. The summed E-state index contributed by atoms with van der Waals surface area (Å²) in [5, 5.41) is 11.8. The standard InChI is InChI=1S/C56H57NO11/c58-45-31-32-57-33-46(65-54(59)43-27-15-5-16-28-43)50(67-55(60)44-29-17-6-18-30-44)51(48(45)57)68-56-53(64-37-42-25-13-4-14-26-42)52(63-36-41-23-11-3-12-24-41)49(62-35-40-21-9-2-10-22-40)47(66-56)38-61-34-39-19-7-1-8-20-39/h1-30,45-53,56,58H,31-38H2/t45-,46-,47+,48+,49+,50+,51+,52-,53+,56+/m0/s1. The number of nitrogens with zero attached hydrogens (tertiary/aromatic N) is 1. The van der Waals surface area contributed by atoms with Crippen molar-refractivity contribution in [2.24, 2.45) is 0 Å². The number of hydrogen-bond acceptors (Lipinski definition) is 12. The third-order valence-electron chi connectivity index (χ3n) is 12.6. The van der Waals surface area contributed by atoms with Gasteiger partial charge in [-0.1, -0.05) is 158 Å². The quantitative estimate of drug-likeness (QED) is 0.0791. The third kappa shape index (κ3) is 12.0. The molecule has 0 spiro atoms. The third-order valence-corrected chi connectivity index (χ3v) is 12.6. The van der Waals surface area contributed by atoms with Gasteiger partial charge in [0.15, 0.2) is 18.5 Å². The number of piperidine rings is 1. The van der Waals surface area contributed by atoms with Crippen LogP contribution in [0.1, 0.15) is 49.4 Å². The van der Waals surface area contributed by atoms with Crippen molar-refractivity contribution in [3.8, 4) is 0 Å². The highest BCUT2D eigenvalue weighted by Crippen LogP contribution is 2.38. The van der Waals surface area contributed by atoms with Crippen molar-refractivity contribution < 1.29 is 52.6 Å². The molecule has 3 aliphatic heterocycles. The molecule has 0 unspecified atom stereocenters. The number of rotatable bonds is 19. The van der Waals surface area contributed by atoms with E-state index in [0.717, 1.165) is 22.3 Å². The minimum absolute atomic E-state index is 0.0807. The first-order valence-corrected chi connectivity index (χ1v) is 23.3. The lowest BCUT2D eigenvalue weighted by molar-refractivity contribution is -0.348. The molecule has 3 saturated heterocycles. The van der Waals surface area contributed by atoms with E-state index in [1.54, 1.807) is 48.5 Å². The van der Waals surface area contributed by atoms with Crippen molar-refractivity contribution in [1.29, 1.82) is 0 Å². The predicted octanol–water partition coefficient (Wildman–Crippen LogP) is 7.97. The van der Waals surface area contributed by atoms with Gasteiger partial charge in [-0.05, 0) is 52.9 Å². The molecule has 0 radical (unpaired) electrons. The van der Waals surface area contributed by atoms with E-state index in [9.17, 15) is 14.7 Å². The van der Waals surface area contributed by atoms with Crippen LogP contribution in [0, 0.1) is 0 Å². The van der Waals surface area contributed by atoms with Gasteiger partial charge in [-0.3, -0.25) is 4.90 Å². The fourth-order valence-corrected chi connectivity index (χ4v) is 9.20. The van der Waals surface area contributed by atoms with E-state index in [4.69, 9.17) is 37.9 Å². The lowest BCUT2D eigenvalue weighted by atomic mass is 9.91. The highest BCUT2D eigenvalue weighted by Gasteiger charge is 2.57. The van der Waals surface area contributed by atoms with Gasteiger partial charge in [-0.2, -0.15) is 0 Å². The van der Waals surface area contributed by atoms with Crippen molar-refractivity contribution in [3.63, 3.8) is 0 Å². The van der Waals surface area contributed by atoms with Crippen LogP contribution in [0.15, 0.2) is 182 Å². The molecule has 352 valence electrons. The number of ether oxygens (including phenoxy) is 8. The van der Waals surface area contributed by atoms with Gasteiger partial charge >= 0.3 is 11.9 Å². The zero-order valence-electron chi connectivity index (χ0n) is 37.7. The molecule has 6 aromatic rings. The zero-order chi connectivity index (χ0) is 46.5. The van der Waals surface area contributed by atoms with E-state index in [0.29, 0.717) is 30.7 Å². The normalized spacial score (nSPS) is 25.8. The first kappa shape index (κ1) is 47.0. The van der Waals surface area contributed by atoms with Gasteiger partial charge in [-0.15, -0.1) is 0 Å². The van der Waals surface area contributed by atoms with E-state index < -0.39 is 73.1 Å². The highest BCUT2D eigenvalue weighted by molar-refractivity contribution is 5.90. The highest BCUT2D eigenvalue weighted by atomic mass is 16.7. The van der Waals surface area contributed by atoms with E-state index in [-0.39, 0.29) is 33.0 Å². The van der Waals surface area contributed by atoms with Crippen LogP contribution < -0.4 is 0 Å². The maximum Gasteiger partial charge on any atom is 0.338 e. The molecule has 0 saturated carbocycles. The van der Waals surface area contributed by atoms with E-state index >= 15 is 0 Å². The molecule has 1 N–H and O–H groups in total. The number of benzene rings is 6. The number of carbonyl (C=O) groups is 2. The van der Waals surface area contributed by atoms with Crippen LogP contribution in [0.25, 0.3) is 0 Å². The molecule has 0 aliphatic carbocycles. The number of aliphatic hydroxyl groups is 1. The first-order chi connectivity index (χ1) is 33.5. The topological polar surface area (TPSA) is 131 Å². The summed E-state index contributed by atoms with van der Waals surface area (Å²) in [5.74, 6) is -1.23. The van der Waals surface area contributed by atoms with Gasteiger partial charge in [0, 0.05) is 13.1 Å². The second-order valence-corrected chi connectivity index (χ2v) is 17.3. The number of aliphatic hydroxyl groups excluding tert-OH is 1. The molecular weight excluding hydrogens is 863 g/mol. The summed E-state index contributed by atoms with van der Waals surface area (Å²) >= 11 is 0. The van der Waals surface area contributed by atoms with Gasteiger partial charge in [0.05, 0.1) is 56.3 Å². The molecule has 10 atom stereocenters. The zero-order valence-corrected chi connectivity index (χ0v) is 37.7. The fourth-order valence-electron chi connectivity index (χ4n) is 9.20. The molecule has 68 heavy (non-hydrogen) atoms. The van der Waals surface area contributed by atoms with E-state index in [1.165, 1.54) is 0 Å². The number of esters is 2. The monoisotopic (exact) mass is 919 g/mol. The van der Waals surface area contributed by atoms with Crippen molar-refractivity contribution in [3.05, 3.63) is 215 Å². The smallest absolute Gasteiger partial charge is 0.338 e. The van der Waals surface area contributed by atoms with Crippen LogP contribution in [0.2, 0.25) is 0 Å². The Bertz CT molecular complexity index is 2450. The summed E-state index contributed by atoms with van der Waals surface area (Å²) in [6.07, 6.45) is -8.31. The second kappa shape index (κ2) is 23.3. The first-order valence-electron chi connectivity index (χ1n) is 23.3. The molecule has 0 amide bonds. The van der Waals surface area contributed by atoms with Crippen molar-refractivity contribution in [2.75, 3.05) is 19.7 Å². The Morgan fingerprint density at radius 2 is 0.956 bits per heavy atom. The fraction of sp³-hybridized carbons (Fsp3) is 0.321. The Morgan fingerprint density at radius 3 is 1.47 bits per heavy atom. The lowest BCUT2D eigenvalue weighted by Crippen LogP contribution is -2.68. The minimum Gasteiger partial charge on any atom is -0.453 e. The van der Waals surface area contributed by atoms with Gasteiger partial charge < -0.3 is 43.0 Å². The summed E-state index contributed by atoms with van der Waals surface area (Å²) < 4.78 is 54.3. The average molecular weight is 920 g/mol. The Labute approximate surface area is 397 Å². The summed E-state index contributed by atoms with van der Waals surface area (Å²) in [5.41, 5.74) is 4.41. The number of carbonyl (C=O) groups excluding carboxylic acids is 2. The summed E-state index contributed by atoms with van der Waals surface area (Å²) in [6.45, 7) is 1.66. The molecule has 12 nitrogen and oxygen atoms in total. The van der Waals surface area contributed by atoms with Gasteiger partial charge in [0.1, 0.15) is 30.5 Å². The Hall–Kier alpha value is -6.06. The summed E-state index contributed by atoms with van der Waals surface area (Å²) in [4.78, 5) is 30.0. The SMILES string of the molecule is O=C(O[C@H]1[C@H](O[C@H]2O[C@H](COCc3ccccc3)[C@@H](OCc3ccccc3)[C@H](OCc3ccccc3)[C@H]2OCc2ccccc2)[C@H]2[C@@H](O)CCN2C[C@@H]1OC(=O)c1ccccc1)c1ccccc1. The second-order valence-electron chi connectivity index (χ2n) is 17.3. The van der Waals surface area contributed by atoms with Crippen molar-refractivity contribution >= 4 is 11.9 Å². The van der Waals surface area contributed by atoms with Gasteiger partial charge in [0.25, 0.3) is 0 Å². The molecule has 3 fully saturated rings. The molecule has 12 heteroatoms. The average Bonchev–Trinajstić information content (AvgIpc) is 3.76. The van der Waals surface area contributed by atoms with E-state index in [2.05, 4.69) is 0 Å². The van der Waals surface area contributed by atoms with Crippen LogP contribution in [-0.2, 0) is 64.3 Å². The maximum atomic E-state index is 14.1. The van der Waals surface area contributed by atoms with Crippen molar-refractivity contribution in [2.45, 2.75) is 94.0 Å². The predicted molar refractivity (Wildman–Crippen MR) is 252 cm³/mol. The van der Waals surface area contributed by atoms with Gasteiger partial charge in [0.2, 0.25) is 0 Å². The van der Waals surface area contributed by atoms with Crippen LogP contribution in [0.4, 0.5) is 0 Å². The summed E-state index contributed by atoms with van der Waals surface area (Å²) in [6, 6.07) is 56.0. The minimum atomic E-state index is -1.22. The molecule has 3 aliphatic rings. The largest absolute Gasteiger partial charge is 0.453 e. The van der Waals surface area contributed by atoms with Gasteiger partial charge in [-0.25, -0.2) is 9.59 Å². The molecule has 0 aromatic heterocycles.